The number of hydrogen-bond donors (Lipinski definition) is 1. The smallest absolute Gasteiger partial charge is 0.280 e. The van der Waals surface area contributed by atoms with Gasteiger partial charge in [0.15, 0.2) is 11.3 Å². The van der Waals surface area contributed by atoms with Crippen molar-refractivity contribution in [2.24, 2.45) is 5.92 Å². The van der Waals surface area contributed by atoms with E-state index in [4.69, 9.17) is 0 Å². The molecule has 5 rings (SSSR count). The first-order valence-corrected chi connectivity index (χ1v) is 9.48. The van der Waals surface area contributed by atoms with Crippen LogP contribution in [-0.2, 0) is 6.42 Å². The summed E-state index contributed by atoms with van der Waals surface area (Å²) in [6.07, 6.45) is 4.01. The van der Waals surface area contributed by atoms with E-state index in [0.717, 1.165) is 23.2 Å². The number of nitrogens with zero attached hydrogens (tertiary/aromatic N) is 5. The molecule has 0 spiro atoms. The maximum absolute atomic E-state index is 13.6. The minimum Gasteiger partial charge on any atom is -0.294 e. The van der Waals surface area contributed by atoms with Crippen molar-refractivity contribution in [1.29, 1.82) is 0 Å². The van der Waals surface area contributed by atoms with E-state index in [2.05, 4.69) is 34.1 Å². The number of halogens is 1. The first kappa shape index (κ1) is 17.5. The molecule has 4 aromatic rings. The Bertz CT molecular complexity index is 1210. The van der Waals surface area contributed by atoms with Crippen LogP contribution < -0.4 is 4.90 Å². The Labute approximate surface area is 166 Å². The van der Waals surface area contributed by atoms with Crippen molar-refractivity contribution in [2.75, 3.05) is 4.90 Å². The number of rotatable bonds is 4. The number of benzene rings is 1. The van der Waals surface area contributed by atoms with Crippen LogP contribution >= 0.6 is 0 Å². The van der Waals surface area contributed by atoms with E-state index in [9.17, 15) is 9.18 Å². The summed E-state index contributed by atoms with van der Waals surface area (Å²) < 4.78 is 15.2. The van der Waals surface area contributed by atoms with Crippen LogP contribution in [0, 0.1) is 11.7 Å². The number of anilines is 1. The molecule has 0 saturated heterocycles. The minimum atomic E-state index is -0.397. The largest absolute Gasteiger partial charge is 0.294 e. The van der Waals surface area contributed by atoms with Gasteiger partial charge in [-0.05, 0) is 42.2 Å². The Morgan fingerprint density at radius 2 is 1.97 bits per heavy atom. The maximum atomic E-state index is 13.6. The van der Waals surface area contributed by atoms with Crippen LogP contribution in [0.3, 0.4) is 0 Å². The lowest BCUT2D eigenvalue weighted by Gasteiger charge is -2.26. The molecule has 0 bridgehead atoms. The molecule has 1 N–H and O–H groups in total. The van der Waals surface area contributed by atoms with Crippen LogP contribution in [0.25, 0.3) is 5.65 Å². The SMILES string of the molecule is CC(C)Cc1[nH]nc2c1C(c1ccc(F)cc1)N(c1ccc3ncnn3c1)C2=O. The van der Waals surface area contributed by atoms with Gasteiger partial charge in [0.2, 0.25) is 0 Å². The summed E-state index contributed by atoms with van der Waals surface area (Å²) >= 11 is 0. The van der Waals surface area contributed by atoms with E-state index >= 15 is 0 Å². The van der Waals surface area contributed by atoms with Gasteiger partial charge in [-0.2, -0.15) is 10.2 Å². The molecule has 7 nitrogen and oxygen atoms in total. The standard InChI is InChI=1S/C21H19FN6O/c1-12(2)9-16-18-19(26-25-16)21(29)28(20(18)13-3-5-14(22)6-4-13)15-7-8-17-23-11-24-27(17)10-15/h3-8,10-12,20H,9H2,1-2H3,(H,25,26). The predicted octanol–water partition coefficient (Wildman–Crippen LogP) is 3.54. The van der Waals surface area contributed by atoms with Crippen LogP contribution in [0.1, 0.15) is 47.2 Å². The van der Waals surface area contributed by atoms with E-state index in [1.54, 1.807) is 27.7 Å². The summed E-state index contributed by atoms with van der Waals surface area (Å²) in [6.45, 7) is 4.24. The molecule has 1 atom stereocenters. The Morgan fingerprint density at radius 3 is 2.72 bits per heavy atom. The number of amides is 1. The van der Waals surface area contributed by atoms with Gasteiger partial charge in [0.1, 0.15) is 12.1 Å². The number of H-pyrrole nitrogens is 1. The molecule has 1 unspecified atom stereocenters. The molecule has 29 heavy (non-hydrogen) atoms. The van der Waals surface area contributed by atoms with Crippen LogP contribution in [-0.4, -0.2) is 30.7 Å². The second-order valence-electron chi connectivity index (χ2n) is 7.64. The van der Waals surface area contributed by atoms with Crippen LogP contribution in [0.15, 0.2) is 48.9 Å². The van der Waals surface area contributed by atoms with E-state index in [1.165, 1.54) is 18.5 Å². The average Bonchev–Trinajstić information content (AvgIpc) is 3.38. The Morgan fingerprint density at radius 1 is 1.17 bits per heavy atom. The summed E-state index contributed by atoms with van der Waals surface area (Å²) in [7, 11) is 0. The second kappa shape index (κ2) is 6.51. The monoisotopic (exact) mass is 390 g/mol. The molecule has 0 radical (unpaired) electrons. The molecular formula is C21H19FN6O. The summed E-state index contributed by atoms with van der Waals surface area (Å²) in [6, 6.07) is 9.53. The highest BCUT2D eigenvalue weighted by molar-refractivity contribution is 6.10. The zero-order valence-electron chi connectivity index (χ0n) is 16.0. The fraction of sp³-hybridized carbons (Fsp3) is 0.238. The highest BCUT2D eigenvalue weighted by Gasteiger charge is 2.43. The number of aromatic amines is 1. The lowest BCUT2D eigenvalue weighted by atomic mass is 9.95. The summed E-state index contributed by atoms with van der Waals surface area (Å²) in [4.78, 5) is 19.2. The summed E-state index contributed by atoms with van der Waals surface area (Å²) in [5, 5.41) is 11.5. The normalized spacial score (nSPS) is 16.2. The maximum Gasteiger partial charge on any atom is 0.280 e. The lowest BCUT2D eigenvalue weighted by molar-refractivity contribution is 0.0988. The molecule has 0 saturated carbocycles. The predicted molar refractivity (Wildman–Crippen MR) is 105 cm³/mol. The van der Waals surface area contributed by atoms with Crippen molar-refractivity contribution in [2.45, 2.75) is 26.3 Å². The quantitative estimate of drug-likeness (QED) is 0.578. The van der Waals surface area contributed by atoms with Gasteiger partial charge in [0.05, 0.1) is 17.9 Å². The molecule has 0 aliphatic carbocycles. The van der Waals surface area contributed by atoms with Gasteiger partial charge >= 0.3 is 0 Å². The van der Waals surface area contributed by atoms with Crippen molar-refractivity contribution in [3.05, 3.63) is 77.3 Å². The zero-order valence-corrected chi connectivity index (χ0v) is 16.0. The highest BCUT2D eigenvalue weighted by Crippen LogP contribution is 2.42. The van der Waals surface area contributed by atoms with E-state index in [-0.39, 0.29) is 11.7 Å². The number of pyridine rings is 1. The molecule has 1 aliphatic rings. The third-order valence-corrected chi connectivity index (χ3v) is 5.17. The number of fused-ring (bicyclic) bond motifs is 2. The Kier molecular flexibility index (Phi) is 3.94. The van der Waals surface area contributed by atoms with Gasteiger partial charge in [-0.15, -0.1) is 0 Å². The molecule has 8 heteroatoms. The van der Waals surface area contributed by atoms with Crippen molar-refractivity contribution in [3.63, 3.8) is 0 Å². The molecule has 0 fully saturated rings. The Balaban J connectivity index is 1.69. The minimum absolute atomic E-state index is 0.194. The summed E-state index contributed by atoms with van der Waals surface area (Å²) in [5.41, 5.74) is 4.39. The van der Waals surface area contributed by atoms with Gasteiger partial charge in [0.25, 0.3) is 5.91 Å². The third-order valence-electron chi connectivity index (χ3n) is 5.17. The number of hydrogen-bond acceptors (Lipinski definition) is 4. The van der Waals surface area contributed by atoms with Gasteiger partial charge in [-0.1, -0.05) is 26.0 Å². The molecule has 1 aliphatic heterocycles. The van der Waals surface area contributed by atoms with Crippen LogP contribution in [0.5, 0.6) is 0 Å². The molecule has 1 aromatic carbocycles. The first-order chi connectivity index (χ1) is 14.0. The van der Waals surface area contributed by atoms with E-state index in [1.807, 2.05) is 12.1 Å². The molecule has 1 amide bonds. The van der Waals surface area contributed by atoms with E-state index in [0.29, 0.717) is 22.9 Å². The zero-order chi connectivity index (χ0) is 20.1. The van der Waals surface area contributed by atoms with Crippen molar-refractivity contribution >= 4 is 17.2 Å². The molecular weight excluding hydrogens is 371 g/mol. The number of carbonyl (C=O) groups is 1. The Hall–Kier alpha value is -3.55. The van der Waals surface area contributed by atoms with Crippen molar-refractivity contribution < 1.29 is 9.18 Å². The first-order valence-electron chi connectivity index (χ1n) is 9.48. The van der Waals surface area contributed by atoms with Gasteiger partial charge in [0, 0.05) is 11.3 Å². The van der Waals surface area contributed by atoms with Crippen LogP contribution in [0.2, 0.25) is 0 Å². The number of carbonyl (C=O) groups excluding carboxylic acids is 1. The summed E-state index contributed by atoms with van der Waals surface area (Å²) in [5.74, 6) is -0.118. The van der Waals surface area contributed by atoms with Crippen molar-refractivity contribution in [3.8, 4) is 0 Å². The topological polar surface area (TPSA) is 79.2 Å². The van der Waals surface area contributed by atoms with Crippen molar-refractivity contribution in [1.82, 2.24) is 24.8 Å². The fourth-order valence-corrected chi connectivity index (χ4v) is 3.94. The molecule has 146 valence electrons. The molecule has 3 aromatic heterocycles. The van der Waals surface area contributed by atoms with Gasteiger partial charge in [-0.25, -0.2) is 13.9 Å². The second-order valence-corrected chi connectivity index (χ2v) is 7.64. The average molecular weight is 390 g/mol. The fourth-order valence-electron chi connectivity index (χ4n) is 3.94. The number of aromatic nitrogens is 5. The molecule has 4 heterocycles. The van der Waals surface area contributed by atoms with Gasteiger partial charge < -0.3 is 0 Å². The van der Waals surface area contributed by atoms with E-state index < -0.39 is 6.04 Å². The third kappa shape index (κ3) is 2.79. The number of nitrogens with one attached hydrogen (secondary N) is 1. The van der Waals surface area contributed by atoms with Gasteiger partial charge in [-0.3, -0.25) is 14.8 Å². The van der Waals surface area contributed by atoms with Crippen LogP contribution in [0.4, 0.5) is 10.1 Å². The lowest BCUT2D eigenvalue weighted by Crippen LogP contribution is -2.29. The highest BCUT2D eigenvalue weighted by atomic mass is 19.1.